The van der Waals surface area contributed by atoms with Gasteiger partial charge in [-0.1, -0.05) is 18.6 Å². The van der Waals surface area contributed by atoms with E-state index >= 15 is 0 Å². The Labute approximate surface area is 107 Å². The molecule has 2 atom stereocenters. The minimum absolute atomic E-state index is 0.0111. The number of carbonyl (C=O) groups excluding carboxylic acids is 1. The molecule has 96 valence electrons. The first-order chi connectivity index (χ1) is 8.50. The van der Waals surface area contributed by atoms with E-state index in [0.717, 1.165) is 17.5 Å². The number of hydrogen-bond acceptors (Lipinski definition) is 2. The molecule has 1 aromatic rings. The van der Waals surface area contributed by atoms with Crippen molar-refractivity contribution < 1.29 is 14.7 Å². The topological polar surface area (TPSA) is 54.4 Å². The fourth-order valence-electron chi connectivity index (χ4n) is 2.68. The first kappa shape index (κ1) is 12.8. The van der Waals surface area contributed by atoms with E-state index in [1.807, 2.05) is 32.0 Å². The largest absolute Gasteiger partial charge is 0.481 e. The van der Waals surface area contributed by atoms with Crippen LogP contribution in [0.1, 0.15) is 40.7 Å². The number of ketones is 1. The van der Waals surface area contributed by atoms with Crippen LogP contribution in [0.25, 0.3) is 0 Å². The average molecular weight is 246 g/mol. The molecule has 1 aromatic carbocycles. The van der Waals surface area contributed by atoms with Crippen molar-refractivity contribution in [2.24, 2.45) is 11.8 Å². The number of hydrogen-bond donors (Lipinski definition) is 1. The number of benzene rings is 1. The molecule has 0 aliphatic heterocycles. The van der Waals surface area contributed by atoms with Crippen LogP contribution < -0.4 is 0 Å². The zero-order valence-electron chi connectivity index (χ0n) is 10.8. The van der Waals surface area contributed by atoms with Gasteiger partial charge in [-0.3, -0.25) is 9.59 Å². The van der Waals surface area contributed by atoms with Crippen LogP contribution in [-0.2, 0) is 4.79 Å². The summed E-state index contributed by atoms with van der Waals surface area (Å²) in [5.41, 5.74) is 2.87. The summed E-state index contributed by atoms with van der Waals surface area (Å²) in [4.78, 5) is 23.5. The first-order valence-electron chi connectivity index (χ1n) is 6.35. The summed E-state index contributed by atoms with van der Waals surface area (Å²) in [5.74, 6) is -1.69. The lowest BCUT2D eigenvalue weighted by atomic mass is 9.87. The average Bonchev–Trinajstić information content (AvgIpc) is 2.81. The van der Waals surface area contributed by atoms with Gasteiger partial charge in [0.1, 0.15) is 0 Å². The lowest BCUT2D eigenvalue weighted by Gasteiger charge is -2.15. The van der Waals surface area contributed by atoms with E-state index in [9.17, 15) is 9.59 Å². The number of Topliss-reactive ketones (excluding diaryl/α,β-unsaturated/α-hetero) is 1. The van der Waals surface area contributed by atoms with Crippen LogP contribution in [-0.4, -0.2) is 16.9 Å². The Morgan fingerprint density at radius 2 is 1.78 bits per heavy atom. The van der Waals surface area contributed by atoms with Crippen LogP contribution >= 0.6 is 0 Å². The highest BCUT2D eigenvalue weighted by Crippen LogP contribution is 2.34. The van der Waals surface area contributed by atoms with Crippen molar-refractivity contribution in [3.05, 3.63) is 34.9 Å². The van der Waals surface area contributed by atoms with E-state index in [1.165, 1.54) is 0 Å². The maximum absolute atomic E-state index is 12.4. The summed E-state index contributed by atoms with van der Waals surface area (Å²) in [6.07, 6.45) is 2.15. The number of carboxylic acid groups (broad SMARTS) is 1. The normalized spacial score (nSPS) is 23.0. The number of carboxylic acids is 1. The van der Waals surface area contributed by atoms with Gasteiger partial charge in [0.05, 0.1) is 5.92 Å². The van der Waals surface area contributed by atoms with Gasteiger partial charge < -0.3 is 5.11 Å². The minimum atomic E-state index is -0.838. The molecular weight excluding hydrogens is 228 g/mol. The van der Waals surface area contributed by atoms with Gasteiger partial charge in [-0.25, -0.2) is 0 Å². The Morgan fingerprint density at radius 3 is 2.39 bits per heavy atom. The van der Waals surface area contributed by atoms with E-state index in [0.29, 0.717) is 18.4 Å². The van der Waals surface area contributed by atoms with E-state index in [2.05, 4.69) is 0 Å². The van der Waals surface area contributed by atoms with Gasteiger partial charge in [0.2, 0.25) is 0 Å². The number of aryl methyl sites for hydroxylation is 2. The second-order valence-electron chi connectivity index (χ2n) is 5.15. The highest BCUT2D eigenvalue weighted by Gasteiger charge is 2.37. The SMILES string of the molecule is Cc1ccc(C(=O)[C@H]2CCC[C@H]2C(=O)O)cc1C. The zero-order chi connectivity index (χ0) is 13.3. The summed E-state index contributed by atoms with van der Waals surface area (Å²) in [6, 6.07) is 5.60. The third kappa shape index (κ3) is 2.30. The van der Waals surface area contributed by atoms with Crippen LogP contribution in [0.15, 0.2) is 18.2 Å². The van der Waals surface area contributed by atoms with Crippen LogP contribution in [0.5, 0.6) is 0 Å². The maximum Gasteiger partial charge on any atom is 0.307 e. The molecule has 1 fully saturated rings. The van der Waals surface area contributed by atoms with Gasteiger partial charge in [-0.05, 0) is 43.9 Å². The Bertz CT molecular complexity index is 491. The van der Waals surface area contributed by atoms with Gasteiger partial charge >= 0.3 is 5.97 Å². The third-order valence-electron chi connectivity index (χ3n) is 3.96. The standard InChI is InChI=1S/C15H18O3/c1-9-6-7-11(8-10(9)2)14(16)12-4-3-5-13(12)15(17)18/h6-8,12-13H,3-5H2,1-2H3,(H,17,18)/t12-,13+/m0/s1. The highest BCUT2D eigenvalue weighted by atomic mass is 16.4. The van der Waals surface area contributed by atoms with Crippen LogP contribution in [0.4, 0.5) is 0 Å². The number of carbonyl (C=O) groups is 2. The molecule has 3 heteroatoms. The Hall–Kier alpha value is -1.64. The van der Waals surface area contributed by atoms with Gasteiger partial charge in [-0.15, -0.1) is 0 Å². The van der Waals surface area contributed by atoms with Crippen LogP contribution in [0.3, 0.4) is 0 Å². The van der Waals surface area contributed by atoms with E-state index in [1.54, 1.807) is 0 Å². The van der Waals surface area contributed by atoms with Gasteiger partial charge in [0.15, 0.2) is 5.78 Å². The molecular formula is C15H18O3. The van der Waals surface area contributed by atoms with Crippen molar-refractivity contribution >= 4 is 11.8 Å². The minimum Gasteiger partial charge on any atom is -0.481 e. The van der Waals surface area contributed by atoms with E-state index < -0.39 is 11.9 Å². The van der Waals surface area contributed by atoms with Crippen molar-refractivity contribution in [3.63, 3.8) is 0 Å². The molecule has 0 amide bonds. The molecule has 0 aromatic heterocycles. The van der Waals surface area contributed by atoms with Crippen LogP contribution in [0, 0.1) is 25.7 Å². The molecule has 0 unspecified atom stereocenters. The Balaban J connectivity index is 2.25. The van der Waals surface area contributed by atoms with Gasteiger partial charge in [-0.2, -0.15) is 0 Å². The van der Waals surface area contributed by atoms with Crippen molar-refractivity contribution in [2.75, 3.05) is 0 Å². The molecule has 1 aliphatic carbocycles. The summed E-state index contributed by atoms with van der Waals surface area (Å²) >= 11 is 0. The fourth-order valence-corrected chi connectivity index (χ4v) is 2.68. The first-order valence-corrected chi connectivity index (χ1v) is 6.35. The summed E-state index contributed by atoms with van der Waals surface area (Å²) in [5, 5.41) is 9.13. The van der Waals surface area contributed by atoms with Crippen molar-refractivity contribution in [2.45, 2.75) is 33.1 Å². The molecule has 0 radical (unpaired) electrons. The van der Waals surface area contributed by atoms with E-state index in [-0.39, 0.29) is 11.7 Å². The molecule has 3 nitrogen and oxygen atoms in total. The number of rotatable bonds is 3. The lowest BCUT2D eigenvalue weighted by molar-refractivity contribution is -0.142. The van der Waals surface area contributed by atoms with Crippen LogP contribution in [0.2, 0.25) is 0 Å². The summed E-state index contributed by atoms with van der Waals surface area (Å²) in [6.45, 7) is 3.97. The smallest absolute Gasteiger partial charge is 0.307 e. The van der Waals surface area contributed by atoms with Crippen molar-refractivity contribution in [1.82, 2.24) is 0 Å². The maximum atomic E-state index is 12.4. The fraction of sp³-hybridized carbons (Fsp3) is 0.467. The summed E-state index contributed by atoms with van der Waals surface area (Å²) in [7, 11) is 0. The second kappa shape index (κ2) is 4.92. The third-order valence-corrected chi connectivity index (χ3v) is 3.96. The Kier molecular flexibility index (Phi) is 3.50. The van der Waals surface area contributed by atoms with Crippen molar-refractivity contribution in [3.8, 4) is 0 Å². The lowest BCUT2D eigenvalue weighted by Crippen LogP contribution is -2.25. The molecule has 1 aliphatic rings. The predicted molar refractivity (Wildman–Crippen MR) is 68.7 cm³/mol. The molecule has 1 saturated carbocycles. The van der Waals surface area contributed by atoms with Crippen molar-refractivity contribution in [1.29, 1.82) is 0 Å². The highest BCUT2D eigenvalue weighted by molar-refractivity contribution is 6.00. The number of aliphatic carboxylic acids is 1. The Morgan fingerprint density at radius 1 is 1.11 bits per heavy atom. The second-order valence-corrected chi connectivity index (χ2v) is 5.15. The van der Waals surface area contributed by atoms with Gasteiger partial charge in [0, 0.05) is 11.5 Å². The molecule has 0 saturated heterocycles. The predicted octanol–water partition coefficient (Wildman–Crippen LogP) is 2.99. The summed E-state index contributed by atoms with van der Waals surface area (Å²) < 4.78 is 0. The van der Waals surface area contributed by atoms with Gasteiger partial charge in [0.25, 0.3) is 0 Å². The van der Waals surface area contributed by atoms with E-state index in [4.69, 9.17) is 5.11 Å². The zero-order valence-corrected chi connectivity index (χ0v) is 10.8. The molecule has 0 heterocycles. The molecule has 0 bridgehead atoms. The molecule has 18 heavy (non-hydrogen) atoms. The molecule has 1 N–H and O–H groups in total. The quantitative estimate of drug-likeness (QED) is 0.834. The molecule has 0 spiro atoms. The monoisotopic (exact) mass is 246 g/mol. The molecule has 2 rings (SSSR count).